The van der Waals surface area contributed by atoms with Gasteiger partial charge in [-0.1, -0.05) is 23.2 Å². The summed E-state index contributed by atoms with van der Waals surface area (Å²) < 4.78 is 0. The van der Waals surface area contributed by atoms with Crippen molar-refractivity contribution in [2.45, 2.75) is 12.6 Å². The summed E-state index contributed by atoms with van der Waals surface area (Å²) in [6.07, 6.45) is -0.736. The van der Waals surface area contributed by atoms with E-state index < -0.39 is 6.10 Å². The summed E-state index contributed by atoms with van der Waals surface area (Å²) in [5, 5.41) is 21.8. The molecule has 1 aromatic rings. The van der Waals surface area contributed by atoms with Gasteiger partial charge in [-0.3, -0.25) is 0 Å². The molecule has 84 valence electrons. The van der Waals surface area contributed by atoms with E-state index in [0.717, 1.165) is 5.56 Å². The first kappa shape index (κ1) is 12.7. The van der Waals surface area contributed by atoms with Crippen LogP contribution in [0.3, 0.4) is 0 Å². The Hall–Kier alpha value is -0.320. The Bertz CT molecular complexity index is 300. The van der Waals surface area contributed by atoms with E-state index in [1.54, 1.807) is 18.2 Å². The first-order chi connectivity index (χ1) is 7.11. The fourth-order valence-corrected chi connectivity index (χ4v) is 1.73. The van der Waals surface area contributed by atoms with E-state index in [1.165, 1.54) is 0 Å². The zero-order valence-corrected chi connectivity index (χ0v) is 9.59. The van der Waals surface area contributed by atoms with E-state index in [2.05, 4.69) is 5.32 Å². The predicted octanol–water partition coefficient (Wildman–Crippen LogP) is 1.44. The lowest BCUT2D eigenvalue weighted by molar-refractivity contribution is 0.0942. The molecule has 1 atom stereocenters. The Morgan fingerprint density at radius 3 is 2.33 bits per heavy atom. The number of aliphatic hydroxyl groups excluding tert-OH is 2. The van der Waals surface area contributed by atoms with Crippen molar-refractivity contribution in [1.82, 2.24) is 5.32 Å². The van der Waals surface area contributed by atoms with Crippen molar-refractivity contribution in [3.8, 4) is 0 Å². The third-order valence-electron chi connectivity index (χ3n) is 1.84. The molecular formula is C10H13Cl2NO2. The van der Waals surface area contributed by atoms with Gasteiger partial charge in [0.15, 0.2) is 0 Å². The first-order valence-electron chi connectivity index (χ1n) is 4.56. The van der Waals surface area contributed by atoms with Crippen molar-refractivity contribution >= 4 is 23.2 Å². The lowest BCUT2D eigenvalue weighted by Crippen LogP contribution is -2.28. The number of aliphatic hydroxyl groups is 2. The third-order valence-corrected chi connectivity index (χ3v) is 2.28. The van der Waals surface area contributed by atoms with E-state index in [-0.39, 0.29) is 6.61 Å². The van der Waals surface area contributed by atoms with Crippen LogP contribution in [0.2, 0.25) is 10.0 Å². The van der Waals surface area contributed by atoms with E-state index in [4.69, 9.17) is 33.4 Å². The number of nitrogens with one attached hydrogen (secondary N) is 1. The molecule has 0 saturated heterocycles. The Balaban J connectivity index is 2.43. The van der Waals surface area contributed by atoms with Crippen LogP contribution >= 0.6 is 23.2 Å². The molecule has 0 unspecified atom stereocenters. The van der Waals surface area contributed by atoms with Crippen LogP contribution in [0.15, 0.2) is 18.2 Å². The van der Waals surface area contributed by atoms with E-state index in [1.807, 2.05) is 0 Å². The second-order valence-corrected chi connectivity index (χ2v) is 4.12. The smallest absolute Gasteiger partial charge is 0.0895 e. The van der Waals surface area contributed by atoms with E-state index in [0.29, 0.717) is 23.1 Å². The highest BCUT2D eigenvalue weighted by molar-refractivity contribution is 6.34. The summed E-state index contributed by atoms with van der Waals surface area (Å²) in [6.45, 7) is 0.640. The standard InChI is InChI=1S/C10H13Cl2NO2/c11-8-1-7(2-9(12)3-8)4-13-5-10(15)6-14/h1-3,10,13-15H,4-6H2/t10-/m1/s1. The van der Waals surface area contributed by atoms with Crippen LogP contribution in [0.5, 0.6) is 0 Å². The van der Waals surface area contributed by atoms with Crippen molar-refractivity contribution in [3.05, 3.63) is 33.8 Å². The Kier molecular flexibility index (Phi) is 5.36. The second-order valence-electron chi connectivity index (χ2n) is 3.24. The van der Waals surface area contributed by atoms with Crippen LogP contribution in [0, 0.1) is 0 Å². The molecule has 0 aromatic heterocycles. The number of halogens is 2. The third kappa shape index (κ3) is 4.82. The van der Waals surface area contributed by atoms with Crippen LogP contribution in [-0.4, -0.2) is 29.5 Å². The van der Waals surface area contributed by atoms with Gasteiger partial charge in [-0.05, 0) is 23.8 Å². The molecule has 3 N–H and O–H groups in total. The minimum atomic E-state index is -0.736. The van der Waals surface area contributed by atoms with Gasteiger partial charge in [-0.15, -0.1) is 0 Å². The maximum Gasteiger partial charge on any atom is 0.0895 e. The molecule has 1 rings (SSSR count). The van der Waals surface area contributed by atoms with Gasteiger partial charge in [-0.2, -0.15) is 0 Å². The fourth-order valence-electron chi connectivity index (χ4n) is 1.16. The van der Waals surface area contributed by atoms with Gasteiger partial charge in [0, 0.05) is 23.1 Å². The molecule has 5 heteroatoms. The van der Waals surface area contributed by atoms with Crippen molar-refractivity contribution in [1.29, 1.82) is 0 Å². The summed E-state index contributed by atoms with van der Waals surface area (Å²) in [4.78, 5) is 0. The van der Waals surface area contributed by atoms with Crippen molar-refractivity contribution in [2.75, 3.05) is 13.2 Å². The highest BCUT2D eigenvalue weighted by Crippen LogP contribution is 2.18. The first-order valence-corrected chi connectivity index (χ1v) is 5.32. The highest BCUT2D eigenvalue weighted by atomic mass is 35.5. The van der Waals surface area contributed by atoms with Gasteiger partial charge >= 0.3 is 0 Å². The second kappa shape index (κ2) is 6.30. The van der Waals surface area contributed by atoms with Gasteiger partial charge in [-0.25, -0.2) is 0 Å². The normalized spacial score (nSPS) is 12.8. The molecule has 0 amide bonds. The van der Waals surface area contributed by atoms with Gasteiger partial charge in [0.25, 0.3) is 0 Å². The Morgan fingerprint density at radius 1 is 1.20 bits per heavy atom. The minimum absolute atomic E-state index is 0.247. The molecule has 0 fully saturated rings. The van der Waals surface area contributed by atoms with Crippen LogP contribution in [0.25, 0.3) is 0 Å². The maximum atomic E-state index is 9.08. The molecule has 0 radical (unpaired) electrons. The van der Waals surface area contributed by atoms with Crippen molar-refractivity contribution < 1.29 is 10.2 Å². The minimum Gasteiger partial charge on any atom is -0.394 e. The summed E-state index contributed by atoms with van der Waals surface area (Å²) in [5.74, 6) is 0. The summed E-state index contributed by atoms with van der Waals surface area (Å²) in [7, 11) is 0. The number of hydrogen-bond donors (Lipinski definition) is 3. The SMILES string of the molecule is OC[C@H](O)CNCc1cc(Cl)cc(Cl)c1. The molecular weight excluding hydrogens is 237 g/mol. The zero-order valence-electron chi connectivity index (χ0n) is 8.08. The predicted molar refractivity (Wildman–Crippen MR) is 61.3 cm³/mol. The summed E-state index contributed by atoms with van der Waals surface area (Å²) in [5.41, 5.74) is 0.942. The fraction of sp³-hybridized carbons (Fsp3) is 0.400. The number of hydrogen-bond acceptors (Lipinski definition) is 3. The largest absolute Gasteiger partial charge is 0.394 e. The van der Waals surface area contributed by atoms with E-state index in [9.17, 15) is 0 Å². The lowest BCUT2D eigenvalue weighted by Gasteiger charge is -2.09. The molecule has 0 aliphatic carbocycles. The van der Waals surface area contributed by atoms with Crippen LogP contribution < -0.4 is 5.32 Å². The number of benzene rings is 1. The van der Waals surface area contributed by atoms with Crippen LogP contribution in [0.4, 0.5) is 0 Å². The quantitative estimate of drug-likeness (QED) is 0.741. The summed E-state index contributed by atoms with van der Waals surface area (Å²) in [6, 6.07) is 5.26. The molecule has 3 nitrogen and oxygen atoms in total. The number of rotatable bonds is 5. The molecule has 0 aliphatic rings. The van der Waals surface area contributed by atoms with E-state index >= 15 is 0 Å². The monoisotopic (exact) mass is 249 g/mol. The molecule has 15 heavy (non-hydrogen) atoms. The Labute approximate surface area is 98.6 Å². The molecule has 0 aliphatic heterocycles. The van der Waals surface area contributed by atoms with Gasteiger partial charge in [0.05, 0.1) is 12.7 Å². The maximum absolute atomic E-state index is 9.08. The van der Waals surface area contributed by atoms with Gasteiger partial charge < -0.3 is 15.5 Å². The van der Waals surface area contributed by atoms with Crippen LogP contribution in [-0.2, 0) is 6.54 Å². The topological polar surface area (TPSA) is 52.5 Å². The Morgan fingerprint density at radius 2 is 1.80 bits per heavy atom. The average Bonchev–Trinajstić information content (AvgIpc) is 2.16. The molecule has 1 aromatic carbocycles. The van der Waals surface area contributed by atoms with Crippen LogP contribution in [0.1, 0.15) is 5.56 Å². The summed E-state index contributed by atoms with van der Waals surface area (Å²) >= 11 is 11.6. The zero-order chi connectivity index (χ0) is 11.3. The average molecular weight is 250 g/mol. The molecule has 0 heterocycles. The van der Waals surface area contributed by atoms with Crippen molar-refractivity contribution in [3.63, 3.8) is 0 Å². The highest BCUT2D eigenvalue weighted by Gasteiger charge is 2.02. The van der Waals surface area contributed by atoms with Gasteiger partial charge in [0.2, 0.25) is 0 Å². The van der Waals surface area contributed by atoms with Gasteiger partial charge in [0.1, 0.15) is 0 Å². The lowest BCUT2D eigenvalue weighted by atomic mass is 10.2. The van der Waals surface area contributed by atoms with Crippen molar-refractivity contribution in [2.24, 2.45) is 0 Å². The molecule has 0 saturated carbocycles. The molecule has 0 bridgehead atoms. The molecule has 0 spiro atoms.